The van der Waals surface area contributed by atoms with Gasteiger partial charge in [0.25, 0.3) is 0 Å². The Balaban J connectivity index is 1.52. The molecule has 1 atom stereocenters. The molecule has 100 valence electrons. The van der Waals surface area contributed by atoms with E-state index < -0.39 is 0 Å². The van der Waals surface area contributed by atoms with Crippen LogP contribution in [-0.2, 0) is 12.8 Å². The molecule has 2 aromatic rings. The van der Waals surface area contributed by atoms with Crippen molar-refractivity contribution in [2.24, 2.45) is 0 Å². The molecule has 3 rings (SSSR count). The van der Waals surface area contributed by atoms with Gasteiger partial charge >= 0.3 is 0 Å². The van der Waals surface area contributed by atoms with Crippen molar-refractivity contribution in [3.8, 4) is 5.75 Å². The predicted octanol–water partition coefficient (Wildman–Crippen LogP) is 3.58. The molecule has 0 aliphatic carbocycles. The molecule has 19 heavy (non-hydrogen) atoms. The molecule has 0 spiro atoms. The Bertz CT molecular complexity index is 536. The van der Waals surface area contributed by atoms with E-state index in [1.54, 1.807) is 0 Å². The summed E-state index contributed by atoms with van der Waals surface area (Å²) in [6.07, 6.45) is 2.13. The second-order valence-corrected chi connectivity index (χ2v) is 5.96. The fraction of sp³-hybridized carbons (Fsp3) is 0.375. The van der Waals surface area contributed by atoms with Gasteiger partial charge in [0, 0.05) is 17.3 Å². The zero-order valence-electron chi connectivity index (χ0n) is 11.2. The smallest absolute Gasteiger partial charge is 0.122 e. The standard InChI is InChI=1S/C16H19NOS/c1-12(16-3-2-10-19-16)17-8-6-13-4-5-15-14(11-13)7-9-18-15/h2-5,10-12,17H,6-9H2,1H3/t12-/m0/s1. The summed E-state index contributed by atoms with van der Waals surface area (Å²) in [4.78, 5) is 1.40. The summed E-state index contributed by atoms with van der Waals surface area (Å²) >= 11 is 1.81. The van der Waals surface area contributed by atoms with E-state index in [-0.39, 0.29) is 0 Å². The Kier molecular flexibility index (Phi) is 3.85. The van der Waals surface area contributed by atoms with Crippen molar-refractivity contribution in [3.05, 3.63) is 51.7 Å². The Hall–Kier alpha value is -1.32. The Morgan fingerprint density at radius 3 is 3.16 bits per heavy atom. The molecule has 0 saturated carbocycles. The molecule has 1 aromatic carbocycles. The minimum Gasteiger partial charge on any atom is -0.493 e. The van der Waals surface area contributed by atoms with Gasteiger partial charge in [-0.1, -0.05) is 18.2 Å². The topological polar surface area (TPSA) is 21.3 Å². The second kappa shape index (κ2) is 5.76. The highest BCUT2D eigenvalue weighted by atomic mass is 32.1. The Morgan fingerprint density at radius 2 is 2.32 bits per heavy atom. The zero-order valence-corrected chi connectivity index (χ0v) is 12.0. The van der Waals surface area contributed by atoms with Gasteiger partial charge in [-0.3, -0.25) is 0 Å². The van der Waals surface area contributed by atoms with Gasteiger partial charge in [-0.15, -0.1) is 11.3 Å². The van der Waals surface area contributed by atoms with Gasteiger partial charge in [-0.2, -0.15) is 0 Å². The third-order valence-electron chi connectivity index (χ3n) is 3.59. The maximum Gasteiger partial charge on any atom is 0.122 e. The van der Waals surface area contributed by atoms with Crippen LogP contribution in [-0.4, -0.2) is 13.2 Å². The van der Waals surface area contributed by atoms with Crippen molar-refractivity contribution in [2.45, 2.75) is 25.8 Å². The lowest BCUT2D eigenvalue weighted by molar-refractivity contribution is 0.357. The largest absolute Gasteiger partial charge is 0.493 e. The van der Waals surface area contributed by atoms with E-state index in [1.807, 2.05) is 11.3 Å². The highest BCUT2D eigenvalue weighted by Crippen LogP contribution is 2.26. The van der Waals surface area contributed by atoms with Gasteiger partial charge in [-0.25, -0.2) is 0 Å². The Morgan fingerprint density at radius 1 is 1.37 bits per heavy atom. The van der Waals surface area contributed by atoms with Crippen molar-refractivity contribution >= 4 is 11.3 Å². The maximum atomic E-state index is 5.53. The molecule has 1 aromatic heterocycles. The summed E-state index contributed by atoms with van der Waals surface area (Å²) in [7, 11) is 0. The summed E-state index contributed by atoms with van der Waals surface area (Å²) < 4.78 is 5.53. The molecule has 0 saturated heterocycles. The molecule has 0 radical (unpaired) electrons. The maximum absolute atomic E-state index is 5.53. The average Bonchev–Trinajstić information content (AvgIpc) is 3.09. The van der Waals surface area contributed by atoms with E-state index in [0.29, 0.717) is 6.04 Å². The highest BCUT2D eigenvalue weighted by Gasteiger charge is 2.12. The molecule has 3 heteroatoms. The third-order valence-corrected chi connectivity index (χ3v) is 4.64. The molecule has 0 bridgehead atoms. The number of hydrogen-bond acceptors (Lipinski definition) is 3. The van der Waals surface area contributed by atoms with Gasteiger partial charge in [-0.05, 0) is 48.5 Å². The minimum atomic E-state index is 0.442. The summed E-state index contributed by atoms with van der Waals surface area (Å²) in [5, 5.41) is 5.71. The van der Waals surface area contributed by atoms with Crippen LogP contribution in [0.3, 0.4) is 0 Å². The van der Waals surface area contributed by atoms with Crippen LogP contribution in [0.15, 0.2) is 35.7 Å². The number of benzene rings is 1. The molecular formula is C16H19NOS. The fourth-order valence-corrected chi connectivity index (χ4v) is 3.23. The van der Waals surface area contributed by atoms with Crippen molar-refractivity contribution in [3.63, 3.8) is 0 Å². The quantitative estimate of drug-likeness (QED) is 0.899. The van der Waals surface area contributed by atoms with Crippen molar-refractivity contribution in [2.75, 3.05) is 13.2 Å². The van der Waals surface area contributed by atoms with Crippen LogP contribution >= 0.6 is 11.3 Å². The first kappa shape index (κ1) is 12.7. The van der Waals surface area contributed by atoms with E-state index in [9.17, 15) is 0 Å². The molecule has 0 fully saturated rings. The minimum absolute atomic E-state index is 0.442. The molecule has 0 unspecified atom stereocenters. The summed E-state index contributed by atoms with van der Waals surface area (Å²) in [6.45, 7) is 4.08. The van der Waals surface area contributed by atoms with Crippen LogP contribution in [0.25, 0.3) is 0 Å². The van der Waals surface area contributed by atoms with Crippen LogP contribution in [0.4, 0.5) is 0 Å². The summed E-state index contributed by atoms with van der Waals surface area (Å²) in [5.41, 5.74) is 2.76. The van der Waals surface area contributed by atoms with E-state index in [2.05, 4.69) is 48.0 Å². The van der Waals surface area contributed by atoms with E-state index in [4.69, 9.17) is 4.74 Å². The van der Waals surface area contributed by atoms with Crippen molar-refractivity contribution < 1.29 is 4.74 Å². The monoisotopic (exact) mass is 273 g/mol. The van der Waals surface area contributed by atoms with Gasteiger partial charge in [0.05, 0.1) is 6.61 Å². The summed E-state index contributed by atoms with van der Waals surface area (Å²) in [5.74, 6) is 1.07. The summed E-state index contributed by atoms with van der Waals surface area (Å²) in [6, 6.07) is 11.3. The van der Waals surface area contributed by atoms with Crippen LogP contribution in [0.1, 0.15) is 29.0 Å². The SMILES string of the molecule is C[C@H](NCCc1ccc2c(c1)CCO2)c1cccs1. The molecule has 1 aliphatic heterocycles. The Labute approximate surface area is 118 Å². The first-order chi connectivity index (χ1) is 9.33. The number of rotatable bonds is 5. The predicted molar refractivity (Wildman–Crippen MR) is 80.1 cm³/mol. The molecule has 1 aliphatic rings. The van der Waals surface area contributed by atoms with Crippen LogP contribution in [0.2, 0.25) is 0 Å². The molecular weight excluding hydrogens is 254 g/mol. The van der Waals surface area contributed by atoms with Gasteiger partial charge in [0.1, 0.15) is 5.75 Å². The molecule has 0 amide bonds. The number of ether oxygens (including phenoxy) is 1. The molecule has 2 heterocycles. The normalized spacial score (nSPS) is 15.0. The highest BCUT2D eigenvalue weighted by molar-refractivity contribution is 7.10. The second-order valence-electron chi connectivity index (χ2n) is 4.98. The van der Waals surface area contributed by atoms with E-state index in [0.717, 1.165) is 31.7 Å². The van der Waals surface area contributed by atoms with Crippen LogP contribution < -0.4 is 10.1 Å². The number of nitrogens with one attached hydrogen (secondary N) is 1. The lowest BCUT2D eigenvalue weighted by Gasteiger charge is -2.12. The fourth-order valence-electron chi connectivity index (χ4n) is 2.47. The molecule has 1 N–H and O–H groups in total. The average molecular weight is 273 g/mol. The lowest BCUT2D eigenvalue weighted by atomic mass is 10.1. The molecule has 2 nitrogen and oxygen atoms in total. The van der Waals surface area contributed by atoms with Crippen LogP contribution in [0.5, 0.6) is 5.75 Å². The van der Waals surface area contributed by atoms with E-state index in [1.165, 1.54) is 16.0 Å². The van der Waals surface area contributed by atoms with Crippen molar-refractivity contribution in [1.29, 1.82) is 0 Å². The van der Waals surface area contributed by atoms with Gasteiger partial charge in [0.15, 0.2) is 0 Å². The lowest BCUT2D eigenvalue weighted by Crippen LogP contribution is -2.20. The zero-order chi connectivity index (χ0) is 13.1. The third kappa shape index (κ3) is 2.99. The van der Waals surface area contributed by atoms with Crippen molar-refractivity contribution in [1.82, 2.24) is 5.32 Å². The number of fused-ring (bicyclic) bond motifs is 1. The number of hydrogen-bond donors (Lipinski definition) is 1. The van der Waals surface area contributed by atoms with Gasteiger partial charge in [0.2, 0.25) is 0 Å². The van der Waals surface area contributed by atoms with Gasteiger partial charge < -0.3 is 10.1 Å². The van der Waals surface area contributed by atoms with E-state index >= 15 is 0 Å². The van der Waals surface area contributed by atoms with Crippen LogP contribution in [0, 0.1) is 0 Å². The number of thiophene rings is 1. The first-order valence-electron chi connectivity index (χ1n) is 6.84. The first-order valence-corrected chi connectivity index (χ1v) is 7.72.